The predicted molar refractivity (Wildman–Crippen MR) is 106 cm³/mol. The average Bonchev–Trinajstić information content (AvgIpc) is 2.57. The lowest BCUT2D eigenvalue weighted by molar-refractivity contribution is -0.115. The summed E-state index contributed by atoms with van der Waals surface area (Å²) in [5.41, 5.74) is 2.52. The Morgan fingerprint density at radius 2 is 1.54 bits per heavy atom. The normalized spacial score (nSPS) is 13.9. The van der Waals surface area contributed by atoms with E-state index in [1.54, 1.807) is 0 Å². The van der Waals surface area contributed by atoms with Crippen molar-refractivity contribution in [2.75, 3.05) is 0 Å². The summed E-state index contributed by atoms with van der Waals surface area (Å²) in [7, 11) is 0. The van der Waals surface area contributed by atoms with Crippen LogP contribution in [-0.4, -0.2) is 6.29 Å². The van der Waals surface area contributed by atoms with Crippen molar-refractivity contribution in [3.05, 3.63) is 35.4 Å². The van der Waals surface area contributed by atoms with Crippen molar-refractivity contribution in [2.24, 2.45) is 5.41 Å². The van der Waals surface area contributed by atoms with Crippen LogP contribution in [0.25, 0.3) is 0 Å². The third-order valence-corrected chi connectivity index (χ3v) is 5.16. The van der Waals surface area contributed by atoms with Crippen LogP contribution in [0.5, 0.6) is 0 Å². The van der Waals surface area contributed by atoms with Crippen LogP contribution in [0.2, 0.25) is 0 Å². The van der Waals surface area contributed by atoms with E-state index in [0.29, 0.717) is 5.92 Å². The summed E-state index contributed by atoms with van der Waals surface area (Å²) in [6, 6.07) is 8.62. The van der Waals surface area contributed by atoms with Crippen molar-refractivity contribution >= 4 is 6.29 Å². The first-order valence-electron chi connectivity index (χ1n) is 10.1. The number of hydrogen-bond donors (Lipinski definition) is 0. The Morgan fingerprint density at radius 3 is 2.12 bits per heavy atom. The minimum atomic E-state index is -0.215. The van der Waals surface area contributed by atoms with Gasteiger partial charge in [-0.1, -0.05) is 103 Å². The van der Waals surface area contributed by atoms with E-state index in [1.165, 1.54) is 68.8 Å². The van der Waals surface area contributed by atoms with Crippen LogP contribution < -0.4 is 0 Å². The van der Waals surface area contributed by atoms with Gasteiger partial charge in [-0.15, -0.1) is 0 Å². The van der Waals surface area contributed by atoms with Gasteiger partial charge in [-0.05, 0) is 29.9 Å². The molecule has 1 nitrogen and oxygen atoms in total. The predicted octanol–water partition coefficient (Wildman–Crippen LogP) is 7.09. The molecule has 0 amide bonds. The van der Waals surface area contributed by atoms with E-state index in [0.717, 1.165) is 12.8 Å². The molecule has 0 aliphatic heterocycles. The summed E-state index contributed by atoms with van der Waals surface area (Å²) >= 11 is 0. The lowest BCUT2D eigenvalue weighted by Gasteiger charge is -2.25. The van der Waals surface area contributed by atoms with Crippen LogP contribution in [0.1, 0.15) is 103 Å². The highest BCUT2D eigenvalue weighted by Gasteiger charge is 2.25. The maximum Gasteiger partial charge on any atom is 0.126 e. The van der Waals surface area contributed by atoms with Gasteiger partial charge in [-0.2, -0.15) is 0 Å². The third-order valence-electron chi connectivity index (χ3n) is 5.16. The van der Waals surface area contributed by atoms with Crippen LogP contribution in [0, 0.1) is 5.41 Å². The van der Waals surface area contributed by atoms with E-state index in [1.807, 2.05) is 0 Å². The van der Waals surface area contributed by atoms with Gasteiger partial charge in [0.05, 0.1) is 0 Å². The zero-order valence-corrected chi connectivity index (χ0v) is 16.4. The second-order valence-corrected chi connectivity index (χ2v) is 8.03. The molecule has 0 saturated heterocycles. The van der Waals surface area contributed by atoms with Crippen LogP contribution in [0.15, 0.2) is 24.3 Å². The number of aldehydes is 1. The van der Waals surface area contributed by atoms with Crippen LogP contribution in [0.4, 0.5) is 0 Å². The Kier molecular flexibility index (Phi) is 9.98. The molecule has 1 aromatic carbocycles. The highest BCUT2D eigenvalue weighted by Crippen LogP contribution is 2.30. The maximum atomic E-state index is 11.8. The zero-order valence-electron chi connectivity index (χ0n) is 16.4. The van der Waals surface area contributed by atoms with Crippen LogP contribution in [0.3, 0.4) is 0 Å². The van der Waals surface area contributed by atoms with Gasteiger partial charge in [0, 0.05) is 5.41 Å². The number of carbonyl (C=O) groups excluding carboxylic acids is 1. The third kappa shape index (κ3) is 7.64. The fourth-order valence-corrected chi connectivity index (χ4v) is 3.55. The van der Waals surface area contributed by atoms with Gasteiger partial charge in [0.1, 0.15) is 6.29 Å². The summed E-state index contributed by atoms with van der Waals surface area (Å²) in [5, 5.41) is 0. The number of rotatable bonds is 13. The quantitative estimate of drug-likeness (QED) is 0.279. The molecule has 0 fully saturated rings. The van der Waals surface area contributed by atoms with Crippen LogP contribution in [-0.2, 0) is 11.2 Å². The second-order valence-electron chi connectivity index (χ2n) is 8.03. The zero-order chi connectivity index (χ0) is 17.8. The van der Waals surface area contributed by atoms with Gasteiger partial charge in [-0.25, -0.2) is 0 Å². The molecule has 0 bridgehead atoms. The Labute approximate surface area is 150 Å². The minimum absolute atomic E-state index is 0.215. The van der Waals surface area contributed by atoms with Crippen molar-refractivity contribution in [2.45, 2.75) is 97.8 Å². The summed E-state index contributed by atoms with van der Waals surface area (Å²) in [6.07, 6.45) is 13.6. The Morgan fingerprint density at radius 1 is 0.958 bits per heavy atom. The van der Waals surface area contributed by atoms with Gasteiger partial charge in [-0.3, -0.25) is 0 Å². The fourth-order valence-electron chi connectivity index (χ4n) is 3.55. The van der Waals surface area contributed by atoms with E-state index in [2.05, 4.69) is 52.0 Å². The molecule has 1 unspecified atom stereocenters. The molecular weight excluding hydrogens is 292 g/mol. The van der Waals surface area contributed by atoms with E-state index in [4.69, 9.17) is 0 Å². The molecule has 1 rings (SSSR count). The Hall–Kier alpha value is -1.11. The molecule has 0 aliphatic rings. The highest BCUT2D eigenvalue weighted by atomic mass is 16.1. The first-order chi connectivity index (χ1) is 11.5. The fraction of sp³-hybridized carbons (Fsp3) is 0.696. The topological polar surface area (TPSA) is 17.1 Å². The second kappa shape index (κ2) is 11.4. The molecule has 0 aromatic heterocycles. The molecule has 136 valence electrons. The molecule has 1 heteroatoms. The first-order valence-corrected chi connectivity index (χ1v) is 10.1. The average molecular weight is 331 g/mol. The van der Waals surface area contributed by atoms with Gasteiger partial charge in [0.25, 0.3) is 0 Å². The SMILES string of the molecule is CCCCCCCCCCC(C)(C=O)Cc1ccccc1C(C)C. The smallest absolute Gasteiger partial charge is 0.126 e. The van der Waals surface area contributed by atoms with E-state index < -0.39 is 0 Å². The van der Waals surface area contributed by atoms with Crippen molar-refractivity contribution in [1.29, 1.82) is 0 Å². The summed E-state index contributed by atoms with van der Waals surface area (Å²) in [4.78, 5) is 11.8. The van der Waals surface area contributed by atoms with Crippen molar-refractivity contribution in [1.82, 2.24) is 0 Å². The monoisotopic (exact) mass is 330 g/mol. The first kappa shape index (κ1) is 20.9. The van der Waals surface area contributed by atoms with E-state index in [-0.39, 0.29) is 5.41 Å². The number of carbonyl (C=O) groups is 1. The summed E-state index contributed by atoms with van der Waals surface area (Å²) in [6.45, 7) is 8.86. The lowest BCUT2D eigenvalue weighted by atomic mass is 9.78. The van der Waals surface area contributed by atoms with E-state index in [9.17, 15) is 4.79 Å². The number of hydrogen-bond acceptors (Lipinski definition) is 1. The summed E-state index contributed by atoms with van der Waals surface area (Å²) < 4.78 is 0. The van der Waals surface area contributed by atoms with Crippen molar-refractivity contribution in [3.63, 3.8) is 0 Å². The van der Waals surface area contributed by atoms with Gasteiger partial charge in [0.15, 0.2) is 0 Å². The Balaban J connectivity index is 2.42. The van der Waals surface area contributed by atoms with Crippen LogP contribution >= 0.6 is 0 Å². The molecule has 0 radical (unpaired) electrons. The van der Waals surface area contributed by atoms with Gasteiger partial charge < -0.3 is 4.79 Å². The highest BCUT2D eigenvalue weighted by molar-refractivity contribution is 5.59. The van der Waals surface area contributed by atoms with E-state index >= 15 is 0 Å². The lowest BCUT2D eigenvalue weighted by Crippen LogP contribution is -2.22. The largest absolute Gasteiger partial charge is 0.303 e. The maximum absolute atomic E-state index is 11.8. The molecule has 0 N–H and O–H groups in total. The van der Waals surface area contributed by atoms with Gasteiger partial charge in [0.2, 0.25) is 0 Å². The van der Waals surface area contributed by atoms with Gasteiger partial charge >= 0.3 is 0 Å². The minimum Gasteiger partial charge on any atom is -0.303 e. The standard InChI is InChI=1S/C23H38O/c1-5-6-7-8-9-10-11-14-17-23(4,19-24)18-21-15-12-13-16-22(21)20(2)3/h12-13,15-16,19-20H,5-11,14,17-18H2,1-4H3. The molecule has 24 heavy (non-hydrogen) atoms. The van der Waals surface area contributed by atoms with Crippen molar-refractivity contribution < 1.29 is 4.79 Å². The molecule has 1 aromatic rings. The Bertz CT molecular complexity index is 463. The number of unbranched alkanes of at least 4 members (excludes halogenated alkanes) is 7. The number of benzene rings is 1. The molecule has 0 heterocycles. The molecule has 0 aliphatic carbocycles. The molecule has 0 saturated carbocycles. The molecular formula is C23H38O. The van der Waals surface area contributed by atoms with Crippen molar-refractivity contribution in [3.8, 4) is 0 Å². The summed E-state index contributed by atoms with van der Waals surface area (Å²) in [5.74, 6) is 0.514. The molecule has 0 spiro atoms. The molecule has 1 atom stereocenters.